The van der Waals surface area contributed by atoms with Gasteiger partial charge in [-0.05, 0) is 53.6 Å². The molecule has 0 radical (unpaired) electrons. The van der Waals surface area contributed by atoms with E-state index in [1.807, 2.05) is 6.07 Å². The lowest BCUT2D eigenvalue weighted by molar-refractivity contribution is -0.115. The molecule has 15 heavy (non-hydrogen) atoms. The number of hydrogen-bond acceptors (Lipinski definition) is 2. The fourth-order valence-corrected chi connectivity index (χ4v) is 2.49. The molecule has 1 aromatic carbocycles. The van der Waals surface area contributed by atoms with E-state index in [2.05, 4.69) is 44.9 Å². The molecule has 0 aromatic heterocycles. The number of amides is 1. The van der Waals surface area contributed by atoms with Crippen molar-refractivity contribution in [3.05, 3.63) is 21.8 Å². The molecule has 0 unspecified atom stereocenters. The van der Waals surface area contributed by atoms with E-state index in [1.54, 1.807) is 0 Å². The lowest BCUT2D eigenvalue weighted by Gasteiger charge is -2.31. The Morgan fingerprint density at radius 3 is 2.93 bits per heavy atom. The van der Waals surface area contributed by atoms with Gasteiger partial charge in [0.05, 0.1) is 17.9 Å². The van der Waals surface area contributed by atoms with Gasteiger partial charge in [-0.1, -0.05) is 0 Å². The Kier molecular flexibility index (Phi) is 2.12. The van der Waals surface area contributed by atoms with Gasteiger partial charge in [-0.15, -0.1) is 0 Å². The molecule has 1 aliphatic carbocycles. The van der Waals surface area contributed by atoms with Crippen LogP contribution in [0.1, 0.15) is 12.8 Å². The maximum absolute atomic E-state index is 11.5. The first-order valence-electron chi connectivity index (χ1n) is 5.10. The van der Waals surface area contributed by atoms with E-state index in [0.717, 1.165) is 9.26 Å². The van der Waals surface area contributed by atoms with Gasteiger partial charge < -0.3 is 10.2 Å². The molecule has 0 atom stereocenters. The molecule has 0 bridgehead atoms. The number of carbonyl (C=O) groups is 1. The zero-order valence-corrected chi connectivity index (χ0v) is 10.3. The second-order valence-corrected chi connectivity index (χ2v) is 5.31. The normalized spacial score (nSPS) is 19.8. The van der Waals surface area contributed by atoms with Crippen molar-refractivity contribution in [2.24, 2.45) is 0 Å². The Labute approximate surface area is 102 Å². The first kappa shape index (κ1) is 9.45. The summed E-state index contributed by atoms with van der Waals surface area (Å²) in [4.78, 5) is 13.8. The van der Waals surface area contributed by atoms with E-state index in [4.69, 9.17) is 0 Å². The monoisotopic (exact) mass is 314 g/mol. The highest BCUT2D eigenvalue weighted by molar-refractivity contribution is 14.1. The van der Waals surface area contributed by atoms with Crippen molar-refractivity contribution in [1.29, 1.82) is 0 Å². The summed E-state index contributed by atoms with van der Waals surface area (Å²) in [6, 6.07) is 6.82. The predicted molar refractivity (Wildman–Crippen MR) is 68.2 cm³/mol. The predicted octanol–water partition coefficient (Wildman–Crippen LogP) is 2.21. The van der Waals surface area contributed by atoms with E-state index in [-0.39, 0.29) is 5.91 Å². The van der Waals surface area contributed by atoms with E-state index < -0.39 is 0 Å². The Balaban J connectivity index is 2.05. The minimum Gasteiger partial charge on any atom is -0.358 e. The molecule has 1 N–H and O–H groups in total. The first-order chi connectivity index (χ1) is 7.24. The van der Waals surface area contributed by atoms with Crippen LogP contribution in [-0.2, 0) is 4.79 Å². The van der Waals surface area contributed by atoms with Crippen LogP contribution in [-0.4, -0.2) is 18.5 Å². The van der Waals surface area contributed by atoms with Gasteiger partial charge in [-0.25, -0.2) is 0 Å². The molecule has 78 valence electrons. The minimum absolute atomic E-state index is 0.108. The van der Waals surface area contributed by atoms with Crippen molar-refractivity contribution >= 4 is 39.9 Å². The fourth-order valence-electron chi connectivity index (χ4n) is 2.00. The molecule has 0 spiro atoms. The Morgan fingerprint density at radius 2 is 2.20 bits per heavy atom. The standard InChI is InChI=1S/C11H11IN2O/c12-7-1-4-10-9(5-7)13-11(15)6-14(10)8-2-3-8/h1,4-5,8H,2-3,6H2,(H,13,15). The number of anilines is 2. The van der Waals surface area contributed by atoms with E-state index in [0.29, 0.717) is 12.6 Å². The third-order valence-corrected chi connectivity index (χ3v) is 3.51. The van der Waals surface area contributed by atoms with Crippen molar-refractivity contribution in [1.82, 2.24) is 0 Å². The van der Waals surface area contributed by atoms with Crippen LogP contribution < -0.4 is 10.2 Å². The number of halogens is 1. The fraction of sp³-hybridized carbons (Fsp3) is 0.364. The average molecular weight is 314 g/mol. The number of fused-ring (bicyclic) bond motifs is 1. The van der Waals surface area contributed by atoms with Crippen LogP contribution in [0, 0.1) is 3.57 Å². The van der Waals surface area contributed by atoms with Gasteiger partial charge in [-0.3, -0.25) is 4.79 Å². The molecule has 4 heteroatoms. The molecule has 3 rings (SSSR count). The first-order valence-corrected chi connectivity index (χ1v) is 6.18. The second kappa shape index (κ2) is 3.37. The Morgan fingerprint density at radius 1 is 1.40 bits per heavy atom. The molecule has 1 aromatic rings. The van der Waals surface area contributed by atoms with Crippen molar-refractivity contribution < 1.29 is 4.79 Å². The van der Waals surface area contributed by atoms with E-state index in [1.165, 1.54) is 18.5 Å². The zero-order chi connectivity index (χ0) is 10.4. The van der Waals surface area contributed by atoms with Gasteiger partial charge in [0.15, 0.2) is 0 Å². The number of carbonyl (C=O) groups excluding carboxylic acids is 1. The average Bonchev–Trinajstić information content (AvgIpc) is 2.98. The number of hydrogen-bond donors (Lipinski definition) is 1. The van der Waals surface area contributed by atoms with Crippen LogP contribution in [0.4, 0.5) is 11.4 Å². The summed E-state index contributed by atoms with van der Waals surface area (Å²) in [6.07, 6.45) is 2.44. The molecule has 1 saturated carbocycles. The summed E-state index contributed by atoms with van der Waals surface area (Å²) >= 11 is 2.26. The third kappa shape index (κ3) is 1.71. The van der Waals surface area contributed by atoms with Crippen LogP contribution in [0.2, 0.25) is 0 Å². The lowest BCUT2D eigenvalue weighted by atomic mass is 10.2. The van der Waals surface area contributed by atoms with E-state index in [9.17, 15) is 4.79 Å². The molecule has 3 nitrogen and oxygen atoms in total. The van der Waals surface area contributed by atoms with Crippen molar-refractivity contribution in [2.75, 3.05) is 16.8 Å². The van der Waals surface area contributed by atoms with Crippen LogP contribution in [0.5, 0.6) is 0 Å². The van der Waals surface area contributed by atoms with Crippen molar-refractivity contribution in [2.45, 2.75) is 18.9 Å². The molecule has 1 fully saturated rings. The van der Waals surface area contributed by atoms with Crippen LogP contribution in [0.25, 0.3) is 0 Å². The zero-order valence-electron chi connectivity index (χ0n) is 8.16. The Bertz CT molecular complexity index is 429. The third-order valence-electron chi connectivity index (χ3n) is 2.84. The van der Waals surface area contributed by atoms with Crippen LogP contribution in [0.3, 0.4) is 0 Å². The molecule has 1 heterocycles. The smallest absolute Gasteiger partial charge is 0.243 e. The highest BCUT2D eigenvalue weighted by Gasteiger charge is 2.34. The summed E-state index contributed by atoms with van der Waals surface area (Å²) in [7, 11) is 0. The highest BCUT2D eigenvalue weighted by atomic mass is 127. The topological polar surface area (TPSA) is 32.3 Å². The largest absolute Gasteiger partial charge is 0.358 e. The molecular formula is C11H11IN2O. The van der Waals surface area contributed by atoms with E-state index >= 15 is 0 Å². The maximum Gasteiger partial charge on any atom is 0.243 e. The number of nitrogens with one attached hydrogen (secondary N) is 1. The summed E-state index contributed by atoms with van der Waals surface area (Å²) < 4.78 is 1.16. The van der Waals surface area contributed by atoms with Crippen molar-refractivity contribution in [3.8, 4) is 0 Å². The number of benzene rings is 1. The molecular weight excluding hydrogens is 303 g/mol. The van der Waals surface area contributed by atoms with Crippen LogP contribution >= 0.6 is 22.6 Å². The lowest BCUT2D eigenvalue weighted by Crippen LogP contribution is -2.39. The van der Waals surface area contributed by atoms with Gasteiger partial charge in [-0.2, -0.15) is 0 Å². The van der Waals surface area contributed by atoms with Gasteiger partial charge >= 0.3 is 0 Å². The Hall–Kier alpha value is -0.780. The summed E-state index contributed by atoms with van der Waals surface area (Å²) in [5.74, 6) is 0.108. The highest BCUT2D eigenvalue weighted by Crippen LogP contribution is 2.38. The van der Waals surface area contributed by atoms with Crippen molar-refractivity contribution in [3.63, 3.8) is 0 Å². The maximum atomic E-state index is 11.5. The molecule has 1 amide bonds. The van der Waals surface area contributed by atoms with Gasteiger partial charge in [0.1, 0.15) is 0 Å². The number of nitrogens with zero attached hydrogens (tertiary/aromatic N) is 1. The van der Waals surface area contributed by atoms with Gasteiger partial charge in [0.2, 0.25) is 5.91 Å². The number of rotatable bonds is 1. The molecule has 2 aliphatic rings. The quantitative estimate of drug-likeness (QED) is 0.806. The summed E-state index contributed by atoms with van der Waals surface area (Å²) in [5.41, 5.74) is 2.14. The molecule has 1 aliphatic heterocycles. The van der Waals surface area contributed by atoms with Crippen LogP contribution in [0.15, 0.2) is 18.2 Å². The SMILES string of the molecule is O=C1CN(C2CC2)c2ccc(I)cc2N1. The summed E-state index contributed by atoms with van der Waals surface area (Å²) in [6.45, 7) is 0.512. The minimum atomic E-state index is 0.108. The van der Waals surface area contributed by atoms with Gasteiger partial charge in [0.25, 0.3) is 0 Å². The van der Waals surface area contributed by atoms with Gasteiger partial charge in [0, 0.05) is 9.61 Å². The second-order valence-electron chi connectivity index (χ2n) is 4.07. The molecule has 0 saturated heterocycles. The summed E-state index contributed by atoms with van der Waals surface area (Å²) in [5, 5.41) is 2.93.